The fourth-order valence-electron chi connectivity index (χ4n) is 2.70. The van der Waals surface area contributed by atoms with E-state index in [0.29, 0.717) is 26.1 Å². The lowest BCUT2D eigenvalue weighted by Gasteiger charge is -2.26. The van der Waals surface area contributed by atoms with Gasteiger partial charge in [0.05, 0.1) is 20.3 Å². The van der Waals surface area contributed by atoms with E-state index in [9.17, 15) is 0 Å². The summed E-state index contributed by atoms with van der Waals surface area (Å²) in [6.45, 7) is 7.14. The Hall–Kier alpha value is -2.20. The van der Waals surface area contributed by atoms with Crippen molar-refractivity contribution in [2.24, 2.45) is 0 Å². The quantitative estimate of drug-likeness (QED) is 0.590. The summed E-state index contributed by atoms with van der Waals surface area (Å²) in [6, 6.07) is 5.77. The minimum Gasteiger partial charge on any atom is -0.497 e. The zero-order chi connectivity index (χ0) is 17.4. The second-order valence-electron chi connectivity index (χ2n) is 5.75. The molecule has 1 saturated heterocycles. The summed E-state index contributed by atoms with van der Waals surface area (Å²) in [5, 5.41) is 0. The maximum absolute atomic E-state index is 5.71. The van der Waals surface area contributed by atoms with Crippen molar-refractivity contribution in [3.63, 3.8) is 0 Å². The second-order valence-corrected chi connectivity index (χ2v) is 5.75. The third-order valence-electron chi connectivity index (χ3n) is 4.10. The van der Waals surface area contributed by atoms with Crippen LogP contribution in [-0.2, 0) is 15.9 Å². The standard InChI is InChI=1S/C21H24O3/c1-5-18-11-12-20(22-4)16-19(18)10-8-6-7-9-13-21(17(2)3)23-14-15-24-21/h1,11-12,16H,2,8-10,13-15H2,3-4H3. The lowest BCUT2D eigenvalue weighted by Crippen LogP contribution is -2.30. The van der Waals surface area contributed by atoms with Crippen molar-refractivity contribution >= 4 is 0 Å². The first-order chi connectivity index (χ1) is 11.6. The zero-order valence-corrected chi connectivity index (χ0v) is 14.5. The lowest BCUT2D eigenvalue weighted by molar-refractivity contribution is -0.129. The number of methoxy groups -OCH3 is 1. The Balaban J connectivity index is 1.86. The molecule has 1 aliphatic rings. The molecule has 0 spiro atoms. The molecule has 1 heterocycles. The molecule has 3 nitrogen and oxygen atoms in total. The van der Waals surface area contributed by atoms with Crippen LogP contribution in [0.1, 0.15) is 37.3 Å². The van der Waals surface area contributed by atoms with Crippen molar-refractivity contribution in [1.29, 1.82) is 0 Å². The highest BCUT2D eigenvalue weighted by atomic mass is 16.7. The van der Waals surface area contributed by atoms with E-state index < -0.39 is 5.79 Å². The Kier molecular flexibility index (Phi) is 6.50. The summed E-state index contributed by atoms with van der Waals surface area (Å²) in [6.07, 6.45) is 8.53. The van der Waals surface area contributed by atoms with Crippen LogP contribution in [0.4, 0.5) is 0 Å². The number of ether oxygens (including phenoxy) is 3. The number of terminal acetylenes is 1. The molecule has 0 atom stereocenters. The zero-order valence-electron chi connectivity index (χ0n) is 14.5. The number of aryl methyl sites for hydroxylation is 1. The van der Waals surface area contributed by atoms with E-state index in [1.165, 1.54) is 0 Å². The third kappa shape index (κ3) is 4.42. The van der Waals surface area contributed by atoms with Gasteiger partial charge in [-0.2, -0.15) is 0 Å². The molecule has 0 aromatic heterocycles. The predicted octanol–water partition coefficient (Wildman–Crippen LogP) is 3.71. The average molecular weight is 324 g/mol. The molecular formula is C21H24O3. The maximum atomic E-state index is 5.71. The van der Waals surface area contributed by atoms with Gasteiger partial charge in [0.2, 0.25) is 0 Å². The highest BCUT2D eigenvalue weighted by Crippen LogP contribution is 2.31. The number of hydrogen-bond donors (Lipinski definition) is 0. The molecule has 0 aliphatic carbocycles. The molecule has 1 aromatic carbocycles. The largest absolute Gasteiger partial charge is 0.497 e. The molecule has 24 heavy (non-hydrogen) atoms. The van der Waals surface area contributed by atoms with Crippen LogP contribution in [0, 0.1) is 24.2 Å². The van der Waals surface area contributed by atoms with E-state index >= 15 is 0 Å². The second kappa shape index (κ2) is 8.60. The Morgan fingerprint density at radius 2 is 2.00 bits per heavy atom. The summed E-state index contributed by atoms with van der Waals surface area (Å²) >= 11 is 0. The fraction of sp³-hybridized carbons (Fsp3) is 0.429. The minimum atomic E-state index is -0.641. The van der Waals surface area contributed by atoms with Crippen molar-refractivity contribution < 1.29 is 14.2 Å². The molecule has 0 saturated carbocycles. The summed E-state index contributed by atoms with van der Waals surface area (Å²) in [5.41, 5.74) is 2.88. The molecule has 2 rings (SSSR count). The van der Waals surface area contributed by atoms with Crippen LogP contribution in [0.15, 0.2) is 30.4 Å². The lowest BCUT2D eigenvalue weighted by atomic mass is 10.0. The Labute approximate surface area is 145 Å². The van der Waals surface area contributed by atoms with Crippen molar-refractivity contribution in [3.8, 4) is 29.9 Å². The van der Waals surface area contributed by atoms with Crippen LogP contribution in [0.25, 0.3) is 0 Å². The molecule has 1 aromatic rings. The molecule has 0 amide bonds. The van der Waals surface area contributed by atoms with Crippen LogP contribution >= 0.6 is 0 Å². The first kappa shape index (κ1) is 18.1. The highest BCUT2D eigenvalue weighted by Gasteiger charge is 2.36. The van der Waals surface area contributed by atoms with Crippen LogP contribution in [-0.4, -0.2) is 26.1 Å². The summed E-state index contributed by atoms with van der Waals surface area (Å²) in [7, 11) is 1.65. The summed E-state index contributed by atoms with van der Waals surface area (Å²) < 4.78 is 16.7. The predicted molar refractivity (Wildman–Crippen MR) is 95.7 cm³/mol. The first-order valence-electron chi connectivity index (χ1n) is 8.14. The first-order valence-corrected chi connectivity index (χ1v) is 8.14. The van der Waals surface area contributed by atoms with Crippen LogP contribution in [0.5, 0.6) is 5.75 Å². The van der Waals surface area contributed by atoms with E-state index in [1.54, 1.807) is 7.11 Å². The van der Waals surface area contributed by atoms with Gasteiger partial charge in [0.15, 0.2) is 5.79 Å². The smallest absolute Gasteiger partial charge is 0.191 e. The SMILES string of the molecule is C#Cc1ccc(OC)cc1CCC#CCCC1(C(=C)C)OCCO1. The Morgan fingerprint density at radius 1 is 1.29 bits per heavy atom. The number of rotatable bonds is 6. The van der Waals surface area contributed by atoms with Gasteiger partial charge in [0.25, 0.3) is 0 Å². The monoisotopic (exact) mass is 324 g/mol. The summed E-state index contributed by atoms with van der Waals surface area (Å²) in [5.74, 6) is 9.28. The highest BCUT2D eigenvalue weighted by molar-refractivity contribution is 5.44. The number of benzene rings is 1. The van der Waals surface area contributed by atoms with E-state index in [4.69, 9.17) is 20.6 Å². The maximum Gasteiger partial charge on any atom is 0.191 e. The minimum absolute atomic E-state index is 0.616. The van der Waals surface area contributed by atoms with Gasteiger partial charge >= 0.3 is 0 Å². The summed E-state index contributed by atoms with van der Waals surface area (Å²) in [4.78, 5) is 0. The van der Waals surface area contributed by atoms with Gasteiger partial charge in [-0.3, -0.25) is 0 Å². The Morgan fingerprint density at radius 3 is 2.62 bits per heavy atom. The van der Waals surface area contributed by atoms with Crippen LogP contribution in [0.2, 0.25) is 0 Å². The molecule has 1 aliphatic heterocycles. The fourth-order valence-corrected chi connectivity index (χ4v) is 2.70. The number of hydrogen-bond acceptors (Lipinski definition) is 3. The van der Waals surface area contributed by atoms with Gasteiger partial charge in [-0.15, -0.1) is 18.3 Å². The third-order valence-corrected chi connectivity index (χ3v) is 4.10. The van der Waals surface area contributed by atoms with Gasteiger partial charge in [-0.25, -0.2) is 0 Å². The van der Waals surface area contributed by atoms with Crippen molar-refractivity contribution in [2.45, 2.75) is 38.4 Å². The molecule has 3 heteroatoms. The molecule has 0 bridgehead atoms. The van der Waals surface area contributed by atoms with Crippen LogP contribution < -0.4 is 4.74 Å². The molecule has 0 radical (unpaired) electrons. The van der Waals surface area contributed by atoms with Crippen molar-refractivity contribution in [3.05, 3.63) is 41.5 Å². The van der Waals surface area contributed by atoms with Gasteiger partial charge in [-0.05, 0) is 42.7 Å². The molecule has 1 fully saturated rings. The topological polar surface area (TPSA) is 27.7 Å². The average Bonchev–Trinajstić information content (AvgIpc) is 3.08. The van der Waals surface area contributed by atoms with Gasteiger partial charge in [0.1, 0.15) is 5.75 Å². The van der Waals surface area contributed by atoms with E-state index in [0.717, 1.165) is 35.3 Å². The van der Waals surface area contributed by atoms with E-state index in [2.05, 4.69) is 24.3 Å². The van der Waals surface area contributed by atoms with Crippen molar-refractivity contribution in [2.75, 3.05) is 20.3 Å². The van der Waals surface area contributed by atoms with Gasteiger partial charge < -0.3 is 14.2 Å². The Bertz CT molecular complexity index is 679. The molecule has 126 valence electrons. The van der Waals surface area contributed by atoms with E-state index in [1.807, 2.05) is 25.1 Å². The molecular weight excluding hydrogens is 300 g/mol. The van der Waals surface area contributed by atoms with Crippen LogP contribution in [0.3, 0.4) is 0 Å². The normalized spacial score (nSPS) is 15.2. The van der Waals surface area contributed by atoms with Gasteiger partial charge in [0, 0.05) is 24.8 Å². The van der Waals surface area contributed by atoms with Crippen molar-refractivity contribution in [1.82, 2.24) is 0 Å². The molecule has 0 unspecified atom stereocenters. The van der Waals surface area contributed by atoms with E-state index in [-0.39, 0.29) is 0 Å². The molecule has 0 N–H and O–H groups in total. The van der Waals surface area contributed by atoms with Gasteiger partial charge in [-0.1, -0.05) is 12.5 Å².